The van der Waals surface area contributed by atoms with Gasteiger partial charge in [-0.15, -0.1) is 0 Å². The number of carboxylic acids is 1. The van der Waals surface area contributed by atoms with Crippen LogP contribution in [0.4, 0.5) is 0 Å². The molecule has 0 aromatic heterocycles. The highest BCUT2D eigenvalue weighted by atomic mass is 16.4. The molecule has 4 nitrogen and oxygen atoms in total. The summed E-state index contributed by atoms with van der Waals surface area (Å²) < 4.78 is 0. The highest BCUT2D eigenvalue weighted by Crippen LogP contribution is 2.11. The Morgan fingerprint density at radius 1 is 1.43 bits per heavy atom. The molecule has 0 aliphatic heterocycles. The third-order valence-corrected chi connectivity index (χ3v) is 1.71. The minimum atomic E-state index is -1.02. The first-order chi connectivity index (χ1) is 6.75. The van der Waals surface area contributed by atoms with Gasteiger partial charge >= 0.3 is 5.97 Å². The lowest BCUT2D eigenvalue weighted by Crippen LogP contribution is -2.32. The van der Waals surface area contributed by atoms with Gasteiger partial charge in [0.1, 0.15) is 6.04 Å². The summed E-state index contributed by atoms with van der Waals surface area (Å²) >= 11 is 0. The average Bonchev–Trinajstić information content (AvgIpc) is 2.19. The summed E-state index contributed by atoms with van der Waals surface area (Å²) in [6, 6.07) is 7.78. The van der Waals surface area contributed by atoms with E-state index in [4.69, 9.17) is 5.11 Å². The van der Waals surface area contributed by atoms with Gasteiger partial charge in [-0.05, 0) is 5.56 Å². The van der Waals surface area contributed by atoms with Crippen molar-refractivity contribution in [2.45, 2.75) is 6.04 Å². The Hall–Kier alpha value is -1.62. The van der Waals surface area contributed by atoms with Gasteiger partial charge in [-0.1, -0.05) is 30.3 Å². The van der Waals surface area contributed by atoms with Crippen LogP contribution in [0.3, 0.4) is 0 Å². The van der Waals surface area contributed by atoms with Gasteiger partial charge < -0.3 is 15.1 Å². The van der Waals surface area contributed by atoms with Gasteiger partial charge in [-0.2, -0.15) is 0 Å². The second kappa shape index (κ2) is 5.19. The molecule has 71 valence electrons. The fourth-order valence-electron chi connectivity index (χ4n) is 1.09. The Kier molecular flexibility index (Phi) is 3.88. The molecule has 1 aromatic rings. The smallest absolute Gasteiger partial charge is 0.324 e. The first-order valence-electron chi connectivity index (χ1n) is 4.06. The predicted molar refractivity (Wildman–Crippen MR) is 52.5 cm³/mol. The zero-order valence-corrected chi connectivity index (χ0v) is 7.38. The van der Waals surface area contributed by atoms with Crippen LogP contribution in [0.1, 0.15) is 11.6 Å². The van der Waals surface area contributed by atoms with Crippen LogP contribution in [0.5, 0.6) is 0 Å². The number of aliphatic carboxylic acids is 1. The molecule has 1 rings (SSSR count). The maximum atomic E-state index is 10.8. The summed E-state index contributed by atoms with van der Waals surface area (Å²) in [5.41, 5.74) is 0.609. The molecule has 0 aliphatic carbocycles. The molecule has 1 aromatic carbocycles. The molecule has 0 saturated carbocycles. The van der Waals surface area contributed by atoms with Gasteiger partial charge in [0.15, 0.2) is 0 Å². The predicted octanol–water partition coefficient (Wildman–Crippen LogP) is 0.211. The van der Waals surface area contributed by atoms with Crippen molar-refractivity contribution >= 4 is 19.6 Å². The van der Waals surface area contributed by atoms with Crippen LogP contribution >= 0.6 is 0 Å². The summed E-state index contributed by atoms with van der Waals surface area (Å²) in [4.78, 5) is 20.9. The first-order valence-corrected chi connectivity index (χ1v) is 4.06. The van der Waals surface area contributed by atoms with E-state index in [9.17, 15) is 9.59 Å². The first kappa shape index (κ1) is 10.5. The van der Waals surface area contributed by atoms with Crippen LogP contribution in [0, 0.1) is 0 Å². The third kappa shape index (κ3) is 2.71. The molecule has 0 amide bonds. The monoisotopic (exact) mass is 190 g/mol. The van der Waals surface area contributed by atoms with Crippen LogP contribution in [0.2, 0.25) is 0 Å². The van der Waals surface area contributed by atoms with E-state index in [1.807, 2.05) is 0 Å². The standard InChI is InChI=1S/C9H9BNO3/c12-6-10-11-8(9(13)14)7-4-2-1-3-5-7/h1-6,8,11H,(H,13,14)/t8-/m0/s1. The largest absolute Gasteiger partial charge is 0.480 e. The zero-order valence-electron chi connectivity index (χ0n) is 7.38. The Labute approximate surface area is 82.2 Å². The second-order valence-electron chi connectivity index (χ2n) is 2.65. The number of carbonyl (C=O) groups excluding carboxylic acids is 1. The quantitative estimate of drug-likeness (QED) is 0.514. The molecule has 14 heavy (non-hydrogen) atoms. The van der Waals surface area contributed by atoms with Crippen molar-refractivity contribution in [2.24, 2.45) is 0 Å². The molecule has 0 spiro atoms. The van der Waals surface area contributed by atoms with Crippen molar-refractivity contribution in [1.82, 2.24) is 5.23 Å². The normalized spacial score (nSPS) is 11.7. The minimum absolute atomic E-state index is 0.513. The molecule has 1 atom stereocenters. The SMILES string of the molecule is O=C[B]N[C@H](C(=O)O)c1ccccc1. The second-order valence-corrected chi connectivity index (χ2v) is 2.65. The number of hydrogen-bond acceptors (Lipinski definition) is 3. The summed E-state index contributed by atoms with van der Waals surface area (Å²) in [5.74, 6) is -1.02. The molecule has 1 radical (unpaired) electrons. The number of benzene rings is 1. The molecule has 0 unspecified atom stereocenters. The number of carbonyl (C=O) groups is 2. The van der Waals surface area contributed by atoms with E-state index in [0.29, 0.717) is 11.7 Å². The van der Waals surface area contributed by atoms with Crippen molar-refractivity contribution in [3.05, 3.63) is 35.9 Å². The van der Waals surface area contributed by atoms with Crippen LogP contribution < -0.4 is 5.23 Å². The fraction of sp³-hybridized carbons (Fsp3) is 0.111. The summed E-state index contributed by atoms with van der Waals surface area (Å²) in [5, 5.41) is 11.3. The van der Waals surface area contributed by atoms with E-state index in [1.54, 1.807) is 30.3 Å². The fourth-order valence-corrected chi connectivity index (χ4v) is 1.09. The lowest BCUT2D eigenvalue weighted by molar-refractivity contribution is -0.139. The summed E-state index contributed by atoms with van der Waals surface area (Å²) in [7, 11) is 1.08. The maximum absolute atomic E-state index is 10.8. The van der Waals surface area contributed by atoms with Gasteiger partial charge in [0.2, 0.25) is 0 Å². The molecular formula is C9H9BNO3. The number of nitrogens with one attached hydrogen (secondary N) is 1. The zero-order chi connectivity index (χ0) is 10.4. The summed E-state index contributed by atoms with van der Waals surface area (Å²) in [6.07, 6.45) is 0.513. The van der Waals surface area contributed by atoms with E-state index < -0.39 is 12.0 Å². The average molecular weight is 190 g/mol. The van der Waals surface area contributed by atoms with Crippen molar-refractivity contribution in [3.8, 4) is 0 Å². The van der Waals surface area contributed by atoms with Crippen LogP contribution in [-0.2, 0) is 9.59 Å². The van der Waals surface area contributed by atoms with Crippen molar-refractivity contribution in [3.63, 3.8) is 0 Å². The highest BCUT2D eigenvalue weighted by Gasteiger charge is 2.17. The van der Waals surface area contributed by atoms with E-state index >= 15 is 0 Å². The van der Waals surface area contributed by atoms with Crippen LogP contribution in [-0.4, -0.2) is 24.7 Å². The lowest BCUT2D eigenvalue weighted by atomic mass is 9.94. The van der Waals surface area contributed by atoms with Gasteiger partial charge in [0.05, 0.1) is 6.19 Å². The third-order valence-electron chi connectivity index (χ3n) is 1.71. The molecule has 5 heteroatoms. The van der Waals surface area contributed by atoms with E-state index in [2.05, 4.69) is 5.23 Å². The van der Waals surface area contributed by atoms with Gasteiger partial charge in [0, 0.05) is 0 Å². The van der Waals surface area contributed by atoms with Crippen molar-refractivity contribution in [2.75, 3.05) is 0 Å². The van der Waals surface area contributed by atoms with E-state index in [-0.39, 0.29) is 0 Å². The van der Waals surface area contributed by atoms with Crippen molar-refractivity contribution < 1.29 is 14.7 Å². The molecule has 0 aliphatic rings. The Bertz CT molecular complexity index is 315. The Morgan fingerprint density at radius 2 is 2.07 bits per heavy atom. The Morgan fingerprint density at radius 3 is 2.57 bits per heavy atom. The van der Waals surface area contributed by atoms with Gasteiger partial charge in [-0.3, -0.25) is 4.79 Å². The van der Waals surface area contributed by atoms with E-state index in [1.165, 1.54) is 0 Å². The number of carboxylic acid groups (broad SMARTS) is 1. The topological polar surface area (TPSA) is 66.4 Å². The molecule has 0 fully saturated rings. The number of rotatable bonds is 5. The van der Waals surface area contributed by atoms with E-state index in [0.717, 1.165) is 7.41 Å². The molecule has 0 saturated heterocycles. The highest BCUT2D eigenvalue weighted by molar-refractivity contribution is 6.64. The molecule has 0 heterocycles. The maximum Gasteiger partial charge on any atom is 0.324 e. The minimum Gasteiger partial charge on any atom is -0.480 e. The number of hydrogen-bond donors (Lipinski definition) is 2. The van der Waals surface area contributed by atoms with Crippen LogP contribution in [0.15, 0.2) is 30.3 Å². The summed E-state index contributed by atoms with van der Waals surface area (Å²) in [6.45, 7) is 0. The van der Waals surface area contributed by atoms with Gasteiger partial charge in [-0.25, -0.2) is 0 Å². The van der Waals surface area contributed by atoms with Gasteiger partial charge in [0.25, 0.3) is 7.41 Å². The van der Waals surface area contributed by atoms with Crippen molar-refractivity contribution in [1.29, 1.82) is 0 Å². The molecule has 0 bridgehead atoms. The van der Waals surface area contributed by atoms with Crippen LogP contribution in [0.25, 0.3) is 0 Å². The lowest BCUT2D eigenvalue weighted by Gasteiger charge is -2.12. The molecule has 2 N–H and O–H groups in total. The Balaban J connectivity index is 2.78. The molecular weight excluding hydrogens is 181 g/mol.